The number of nitrogens with zero attached hydrogens (tertiary/aromatic N) is 1. The zero-order chi connectivity index (χ0) is 13.8. The molecule has 1 aliphatic rings. The second-order valence-corrected chi connectivity index (χ2v) is 5.37. The normalized spacial score (nSPS) is 22.4. The van der Waals surface area contributed by atoms with E-state index in [0.29, 0.717) is 0 Å². The molecule has 1 fully saturated rings. The van der Waals surface area contributed by atoms with E-state index in [1.165, 1.54) is 12.8 Å². The molecule has 2 atom stereocenters. The Labute approximate surface area is 119 Å². The fourth-order valence-electron chi connectivity index (χ4n) is 2.74. The highest BCUT2D eigenvalue weighted by atomic mass is 16.5. The lowest BCUT2D eigenvalue weighted by molar-refractivity contribution is 0.132. The van der Waals surface area contributed by atoms with Crippen LogP contribution in [0.5, 0.6) is 5.75 Å². The van der Waals surface area contributed by atoms with Crippen LogP contribution in [0, 0.1) is 0 Å². The molecule has 104 valence electrons. The Balaban J connectivity index is 1.78. The summed E-state index contributed by atoms with van der Waals surface area (Å²) in [6.07, 6.45) is 8.31. The summed E-state index contributed by atoms with van der Waals surface area (Å²) in [6.45, 7) is 0. The largest absolute Gasteiger partial charge is 0.489 e. The summed E-state index contributed by atoms with van der Waals surface area (Å²) in [5.41, 5.74) is 8.44. The Morgan fingerprint density at radius 1 is 1.00 bits per heavy atom. The fraction of sp³-hybridized carbons (Fsp3) is 0.353. The Morgan fingerprint density at radius 3 is 2.60 bits per heavy atom. The van der Waals surface area contributed by atoms with Gasteiger partial charge in [-0.3, -0.25) is 4.98 Å². The van der Waals surface area contributed by atoms with Crippen molar-refractivity contribution in [2.24, 2.45) is 5.73 Å². The van der Waals surface area contributed by atoms with Crippen molar-refractivity contribution >= 4 is 0 Å². The van der Waals surface area contributed by atoms with Crippen LogP contribution in [-0.4, -0.2) is 17.1 Å². The summed E-state index contributed by atoms with van der Waals surface area (Å²) in [5.74, 6) is 0.904. The number of pyridine rings is 1. The quantitative estimate of drug-likeness (QED) is 0.928. The first-order valence-corrected chi connectivity index (χ1v) is 7.25. The second-order valence-electron chi connectivity index (χ2n) is 5.37. The molecule has 0 saturated heterocycles. The molecule has 1 aliphatic carbocycles. The molecule has 1 saturated carbocycles. The number of rotatable bonds is 3. The predicted molar refractivity (Wildman–Crippen MR) is 80.5 cm³/mol. The molecular formula is C17H20N2O. The van der Waals surface area contributed by atoms with E-state index in [4.69, 9.17) is 10.5 Å². The molecule has 2 unspecified atom stereocenters. The Hall–Kier alpha value is -1.87. The third-order valence-electron chi connectivity index (χ3n) is 3.89. The molecule has 2 N–H and O–H groups in total. The van der Waals surface area contributed by atoms with Crippen molar-refractivity contribution in [3.05, 3.63) is 48.8 Å². The average Bonchev–Trinajstić information content (AvgIpc) is 2.51. The molecule has 0 aliphatic heterocycles. The molecule has 1 heterocycles. The Morgan fingerprint density at radius 2 is 1.80 bits per heavy atom. The zero-order valence-corrected chi connectivity index (χ0v) is 11.5. The first-order chi connectivity index (χ1) is 9.83. The highest BCUT2D eigenvalue weighted by Gasteiger charge is 2.23. The van der Waals surface area contributed by atoms with E-state index < -0.39 is 0 Å². The minimum Gasteiger partial charge on any atom is -0.489 e. The van der Waals surface area contributed by atoms with Crippen molar-refractivity contribution in [3.8, 4) is 16.9 Å². The van der Waals surface area contributed by atoms with Gasteiger partial charge in [0.2, 0.25) is 0 Å². The Bertz CT molecular complexity index is 556. The average molecular weight is 268 g/mol. The number of aromatic nitrogens is 1. The number of hydrogen-bond donors (Lipinski definition) is 1. The van der Waals surface area contributed by atoms with Crippen LogP contribution < -0.4 is 10.5 Å². The van der Waals surface area contributed by atoms with Gasteiger partial charge in [0.05, 0.1) is 0 Å². The summed E-state index contributed by atoms with van der Waals surface area (Å²) >= 11 is 0. The highest BCUT2D eigenvalue weighted by molar-refractivity contribution is 5.64. The topological polar surface area (TPSA) is 48.1 Å². The van der Waals surface area contributed by atoms with Gasteiger partial charge in [-0.05, 0) is 54.7 Å². The number of nitrogens with two attached hydrogens (primary N) is 1. The summed E-state index contributed by atoms with van der Waals surface area (Å²) in [4.78, 5) is 4.05. The predicted octanol–water partition coefficient (Wildman–Crippen LogP) is 3.40. The van der Waals surface area contributed by atoms with Crippen LogP contribution >= 0.6 is 0 Å². The molecule has 1 aromatic heterocycles. The molecule has 0 radical (unpaired) electrons. The third-order valence-corrected chi connectivity index (χ3v) is 3.89. The summed E-state index contributed by atoms with van der Waals surface area (Å²) in [6, 6.07) is 12.4. The SMILES string of the molecule is NC1CCCCC1Oc1cccc(-c2ccncc2)c1. The maximum Gasteiger partial charge on any atom is 0.120 e. The third kappa shape index (κ3) is 2.99. The van der Waals surface area contributed by atoms with Gasteiger partial charge in [-0.25, -0.2) is 0 Å². The number of hydrogen-bond acceptors (Lipinski definition) is 3. The van der Waals surface area contributed by atoms with Crippen molar-refractivity contribution in [1.29, 1.82) is 0 Å². The van der Waals surface area contributed by atoms with E-state index in [-0.39, 0.29) is 12.1 Å². The van der Waals surface area contributed by atoms with Gasteiger partial charge in [0.25, 0.3) is 0 Å². The molecule has 0 spiro atoms. The van der Waals surface area contributed by atoms with Crippen molar-refractivity contribution in [1.82, 2.24) is 4.98 Å². The number of ether oxygens (including phenoxy) is 1. The van der Waals surface area contributed by atoms with Gasteiger partial charge in [0.15, 0.2) is 0 Å². The molecule has 20 heavy (non-hydrogen) atoms. The summed E-state index contributed by atoms with van der Waals surface area (Å²) in [7, 11) is 0. The minimum atomic E-state index is 0.149. The molecule has 3 heteroatoms. The van der Waals surface area contributed by atoms with Crippen molar-refractivity contribution in [2.75, 3.05) is 0 Å². The molecule has 0 amide bonds. The lowest BCUT2D eigenvalue weighted by Crippen LogP contribution is -2.41. The minimum absolute atomic E-state index is 0.149. The van der Waals surface area contributed by atoms with Crippen LogP contribution in [0.3, 0.4) is 0 Å². The highest BCUT2D eigenvalue weighted by Crippen LogP contribution is 2.27. The van der Waals surface area contributed by atoms with Crippen molar-refractivity contribution in [2.45, 2.75) is 37.8 Å². The number of benzene rings is 1. The van der Waals surface area contributed by atoms with Gasteiger partial charge >= 0.3 is 0 Å². The lowest BCUT2D eigenvalue weighted by atomic mass is 9.93. The van der Waals surface area contributed by atoms with Crippen LogP contribution in [0.4, 0.5) is 0 Å². The lowest BCUT2D eigenvalue weighted by Gasteiger charge is -2.29. The van der Waals surface area contributed by atoms with Gasteiger partial charge in [0, 0.05) is 18.4 Å². The van der Waals surface area contributed by atoms with Gasteiger partial charge in [0.1, 0.15) is 11.9 Å². The maximum atomic E-state index is 6.14. The molecule has 0 bridgehead atoms. The van der Waals surface area contributed by atoms with Crippen LogP contribution in [-0.2, 0) is 0 Å². The maximum absolute atomic E-state index is 6.14. The summed E-state index contributed by atoms with van der Waals surface area (Å²) < 4.78 is 6.09. The summed E-state index contributed by atoms with van der Waals surface area (Å²) in [5, 5.41) is 0. The van der Waals surface area contributed by atoms with Gasteiger partial charge in [-0.1, -0.05) is 18.6 Å². The van der Waals surface area contributed by atoms with Gasteiger partial charge < -0.3 is 10.5 Å². The molecule has 1 aromatic carbocycles. The van der Waals surface area contributed by atoms with E-state index in [1.807, 2.05) is 24.3 Å². The van der Waals surface area contributed by atoms with E-state index in [2.05, 4.69) is 17.1 Å². The van der Waals surface area contributed by atoms with E-state index >= 15 is 0 Å². The molecule has 3 nitrogen and oxygen atoms in total. The molecule has 3 rings (SSSR count). The zero-order valence-electron chi connectivity index (χ0n) is 11.5. The van der Waals surface area contributed by atoms with Crippen LogP contribution in [0.1, 0.15) is 25.7 Å². The standard InChI is InChI=1S/C17H20N2O/c18-16-6-1-2-7-17(16)20-15-5-3-4-14(12-15)13-8-10-19-11-9-13/h3-5,8-12,16-17H,1-2,6-7,18H2. The Kier molecular flexibility index (Phi) is 3.97. The van der Waals surface area contributed by atoms with E-state index in [9.17, 15) is 0 Å². The second kappa shape index (κ2) is 6.06. The van der Waals surface area contributed by atoms with E-state index in [1.54, 1.807) is 12.4 Å². The van der Waals surface area contributed by atoms with E-state index in [0.717, 1.165) is 29.7 Å². The molecule has 2 aromatic rings. The van der Waals surface area contributed by atoms with Crippen LogP contribution in [0.15, 0.2) is 48.8 Å². The van der Waals surface area contributed by atoms with Crippen LogP contribution in [0.25, 0.3) is 11.1 Å². The fourth-order valence-corrected chi connectivity index (χ4v) is 2.74. The van der Waals surface area contributed by atoms with Gasteiger partial charge in [-0.2, -0.15) is 0 Å². The molecular weight excluding hydrogens is 248 g/mol. The first-order valence-electron chi connectivity index (χ1n) is 7.25. The van der Waals surface area contributed by atoms with Crippen molar-refractivity contribution in [3.63, 3.8) is 0 Å². The smallest absolute Gasteiger partial charge is 0.120 e. The van der Waals surface area contributed by atoms with Crippen molar-refractivity contribution < 1.29 is 4.74 Å². The first kappa shape index (κ1) is 13.1. The van der Waals surface area contributed by atoms with Gasteiger partial charge in [-0.15, -0.1) is 0 Å². The van der Waals surface area contributed by atoms with Crippen LogP contribution in [0.2, 0.25) is 0 Å². The monoisotopic (exact) mass is 268 g/mol.